The molecule has 0 spiro atoms. The summed E-state index contributed by atoms with van der Waals surface area (Å²) in [6, 6.07) is 45.1. The van der Waals surface area contributed by atoms with Crippen molar-refractivity contribution in [2.24, 2.45) is 5.41 Å². The van der Waals surface area contributed by atoms with Crippen molar-refractivity contribution in [2.75, 3.05) is 19.0 Å². The van der Waals surface area contributed by atoms with E-state index in [1.54, 1.807) is 12.0 Å². The molecule has 312 valence electrons. The van der Waals surface area contributed by atoms with Gasteiger partial charge in [-0.2, -0.15) is 0 Å². The summed E-state index contributed by atoms with van der Waals surface area (Å²) in [6.07, 6.45) is 5.90. The molecular formula is C54H56N2O5. The van der Waals surface area contributed by atoms with Gasteiger partial charge >= 0.3 is 6.03 Å². The maximum Gasteiger partial charge on any atom is 0.322 e. The first-order valence-electron chi connectivity index (χ1n) is 21.6. The van der Waals surface area contributed by atoms with E-state index < -0.39 is 17.1 Å². The number of benzene rings is 6. The number of anilines is 1. The van der Waals surface area contributed by atoms with Gasteiger partial charge in [0.1, 0.15) is 5.75 Å². The Morgan fingerprint density at radius 2 is 1.56 bits per heavy atom. The SMILES string of the molecule is COc1ccc(NC(=O)N(Cc2cccc3ccccc23)C[C@]2(O)CC[C@H]3c4ccc(cc4C(=O)c4ccccc4-c4ccccc4)C[C@@H](O)CCC(C)=CCC[C@@]32C)cc1. The third-order valence-corrected chi connectivity index (χ3v) is 13.5. The number of aliphatic hydroxyl groups excluding tert-OH is 1. The van der Waals surface area contributed by atoms with E-state index in [9.17, 15) is 15.0 Å². The second kappa shape index (κ2) is 17.9. The lowest BCUT2D eigenvalue weighted by Crippen LogP contribution is -2.54. The Labute approximate surface area is 359 Å². The molecule has 6 aromatic rings. The lowest BCUT2D eigenvalue weighted by Gasteiger charge is -2.46. The van der Waals surface area contributed by atoms with E-state index in [0.717, 1.165) is 45.0 Å². The van der Waals surface area contributed by atoms with Crippen molar-refractivity contribution >= 4 is 28.3 Å². The number of aliphatic hydroxyl groups is 2. The van der Waals surface area contributed by atoms with Gasteiger partial charge in [-0.25, -0.2) is 4.79 Å². The van der Waals surface area contributed by atoms with Gasteiger partial charge in [-0.1, -0.05) is 128 Å². The Bertz CT molecular complexity index is 2540. The first-order chi connectivity index (χ1) is 29.5. The van der Waals surface area contributed by atoms with E-state index in [2.05, 4.69) is 61.6 Å². The fraction of sp³-hybridized carbons (Fsp3) is 0.296. The van der Waals surface area contributed by atoms with Crippen LogP contribution < -0.4 is 10.1 Å². The molecule has 0 radical (unpaired) electrons. The van der Waals surface area contributed by atoms with Crippen LogP contribution in [0.4, 0.5) is 10.5 Å². The number of rotatable bonds is 9. The highest BCUT2D eigenvalue weighted by atomic mass is 16.5. The number of ketones is 1. The molecule has 4 atom stereocenters. The van der Waals surface area contributed by atoms with Crippen LogP contribution in [0.3, 0.4) is 0 Å². The summed E-state index contributed by atoms with van der Waals surface area (Å²) in [5, 5.41) is 29.9. The van der Waals surface area contributed by atoms with E-state index in [4.69, 9.17) is 4.74 Å². The zero-order valence-electron chi connectivity index (χ0n) is 35.4. The number of carbonyl (C=O) groups is 2. The van der Waals surface area contributed by atoms with Gasteiger partial charge in [-0.3, -0.25) is 4.79 Å². The molecule has 0 aromatic heterocycles. The number of hydrogen-bond donors (Lipinski definition) is 3. The number of allylic oxidation sites excluding steroid dienone is 2. The summed E-state index contributed by atoms with van der Waals surface area (Å²) in [4.78, 5) is 31.5. The lowest BCUT2D eigenvalue weighted by atomic mass is 9.64. The van der Waals surface area contributed by atoms with Crippen LogP contribution in [0.1, 0.15) is 90.9 Å². The predicted molar refractivity (Wildman–Crippen MR) is 245 cm³/mol. The standard InChI is InChI=1S/C54H56N2O5/c1-37-13-12-31-53(2)50(47-29-23-38(33-43(57)26-22-37)34-49(47)51(58)48-21-10-9-20-46(48)40-14-5-4-6-15-40)30-32-54(53,60)36-56(52(59)55-42-24-27-44(61-3)28-25-42)35-41-18-11-17-39-16-7-8-19-45(39)41/h4-11,13-21,23-25,27-29,34,43,50,57,60H,12,22,26,30-33,35-36H2,1-3H3,(H,55,59)/t43-,50-,53-,54+/m0/s1. The third kappa shape index (κ3) is 8.77. The van der Waals surface area contributed by atoms with Crippen LogP contribution in [-0.4, -0.2) is 52.3 Å². The van der Waals surface area contributed by atoms with Crippen LogP contribution in [0.25, 0.3) is 21.9 Å². The Hall–Kier alpha value is -6.02. The largest absolute Gasteiger partial charge is 0.497 e. The normalized spacial score (nSPS) is 21.6. The van der Waals surface area contributed by atoms with Crippen molar-refractivity contribution < 1.29 is 24.5 Å². The Balaban J connectivity index is 1.22. The quantitative estimate of drug-likeness (QED) is 0.0997. The minimum Gasteiger partial charge on any atom is -0.497 e. The summed E-state index contributed by atoms with van der Waals surface area (Å²) < 4.78 is 5.37. The van der Waals surface area contributed by atoms with Crippen molar-refractivity contribution in [1.29, 1.82) is 0 Å². The number of fused-ring (bicyclic) bond motifs is 9. The van der Waals surface area contributed by atoms with Crippen LogP contribution in [0.2, 0.25) is 0 Å². The first-order valence-corrected chi connectivity index (χ1v) is 21.6. The third-order valence-electron chi connectivity index (χ3n) is 13.5. The molecule has 3 aliphatic rings. The molecule has 3 aliphatic carbocycles. The number of hydrogen-bond acceptors (Lipinski definition) is 5. The van der Waals surface area contributed by atoms with Crippen molar-refractivity contribution in [1.82, 2.24) is 4.90 Å². The first kappa shape index (κ1) is 41.7. The number of amides is 2. The molecular weight excluding hydrogens is 757 g/mol. The van der Waals surface area contributed by atoms with E-state index >= 15 is 4.79 Å². The molecule has 3 N–H and O–H groups in total. The van der Waals surface area contributed by atoms with Gasteiger partial charge in [0.15, 0.2) is 5.78 Å². The van der Waals surface area contributed by atoms with Crippen LogP contribution >= 0.6 is 0 Å². The van der Waals surface area contributed by atoms with Crippen molar-refractivity contribution in [3.63, 3.8) is 0 Å². The molecule has 7 heteroatoms. The monoisotopic (exact) mass is 812 g/mol. The molecule has 0 aliphatic heterocycles. The minimum atomic E-state index is -1.32. The number of ether oxygens (including phenoxy) is 1. The minimum absolute atomic E-state index is 0.0807. The van der Waals surface area contributed by atoms with E-state index in [1.807, 2.05) is 103 Å². The molecule has 0 heterocycles. The molecule has 2 amide bonds. The molecule has 1 fully saturated rings. The van der Waals surface area contributed by atoms with Gasteiger partial charge in [0.05, 0.1) is 25.4 Å². The zero-order chi connectivity index (χ0) is 42.6. The van der Waals surface area contributed by atoms with Gasteiger partial charge in [0.2, 0.25) is 0 Å². The molecule has 7 nitrogen and oxygen atoms in total. The second-order valence-electron chi connectivity index (χ2n) is 17.3. The van der Waals surface area contributed by atoms with Crippen LogP contribution in [0.5, 0.6) is 5.75 Å². The van der Waals surface area contributed by atoms with Crippen LogP contribution in [-0.2, 0) is 13.0 Å². The summed E-state index contributed by atoms with van der Waals surface area (Å²) >= 11 is 0. The zero-order valence-corrected chi connectivity index (χ0v) is 35.4. The molecule has 0 saturated heterocycles. The highest BCUT2D eigenvalue weighted by Gasteiger charge is 2.57. The van der Waals surface area contributed by atoms with Crippen molar-refractivity contribution in [3.05, 3.63) is 179 Å². The van der Waals surface area contributed by atoms with Gasteiger partial charge < -0.3 is 25.2 Å². The number of nitrogens with zero attached hydrogens (tertiary/aromatic N) is 1. The average Bonchev–Trinajstić information content (AvgIpc) is 3.53. The summed E-state index contributed by atoms with van der Waals surface area (Å²) in [5.74, 6) is 0.399. The molecule has 2 bridgehead atoms. The van der Waals surface area contributed by atoms with Crippen LogP contribution in [0.15, 0.2) is 151 Å². The fourth-order valence-corrected chi connectivity index (χ4v) is 9.92. The Kier molecular flexibility index (Phi) is 12.2. The number of urea groups is 1. The van der Waals surface area contributed by atoms with Gasteiger partial charge in [-0.05, 0) is 127 Å². The highest BCUT2D eigenvalue weighted by molar-refractivity contribution is 6.14. The topological polar surface area (TPSA) is 99.1 Å². The summed E-state index contributed by atoms with van der Waals surface area (Å²) in [6.45, 7) is 4.64. The molecule has 1 saturated carbocycles. The van der Waals surface area contributed by atoms with E-state index in [0.29, 0.717) is 61.1 Å². The maximum absolute atomic E-state index is 15.2. The Morgan fingerprint density at radius 3 is 2.36 bits per heavy atom. The summed E-state index contributed by atoms with van der Waals surface area (Å²) in [5.41, 5.74) is 5.57. The van der Waals surface area contributed by atoms with Gasteiger partial charge in [0, 0.05) is 28.8 Å². The van der Waals surface area contributed by atoms with Gasteiger partial charge in [-0.15, -0.1) is 0 Å². The Morgan fingerprint density at radius 1 is 0.820 bits per heavy atom. The van der Waals surface area contributed by atoms with E-state index in [-0.39, 0.29) is 30.8 Å². The fourth-order valence-electron chi connectivity index (χ4n) is 9.92. The number of methoxy groups -OCH3 is 1. The number of carbonyl (C=O) groups excluding carboxylic acids is 2. The van der Waals surface area contributed by atoms with Crippen LogP contribution in [0, 0.1) is 5.41 Å². The molecule has 0 unspecified atom stereocenters. The smallest absolute Gasteiger partial charge is 0.322 e. The predicted octanol–water partition coefficient (Wildman–Crippen LogP) is 11.5. The number of nitrogens with one attached hydrogen (secondary N) is 1. The van der Waals surface area contributed by atoms with E-state index in [1.165, 1.54) is 5.57 Å². The molecule has 9 rings (SSSR count). The average molecular weight is 813 g/mol. The summed E-state index contributed by atoms with van der Waals surface area (Å²) in [7, 11) is 1.61. The van der Waals surface area contributed by atoms with Gasteiger partial charge in [0.25, 0.3) is 0 Å². The molecule has 6 aromatic carbocycles. The second-order valence-corrected chi connectivity index (χ2v) is 17.3. The highest BCUT2D eigenvalue weighted by Crippen LogP contribution is 2.59. The molecule has 61 heavy (non-hydrogen) atoms. The van der Waals surface area contributed by atoms with Crippen molar-refractivity contribution in [3.8, 4) is 16.9 Å². The maximum atomic E-state index is 15.2. The lowest BCUT2D eigenvalue weighted by molar-refractivity contribution is -0.0773. The van der Waals surface area contributed by atoms with Crippen molar-refractivity contribution in [2.45, 2.75) is 83.0 Å².